The zero-order chi connectivity index (χ0) is 24.0. The van der Waals surface area contributed by atoms with Crippen molar-refractivity contribution in [3.8, 4) is 22.4 Å². The maximum atomic E-state index is 14.9. The Balaban J connectivity index is 1.46. The van der Waals surface area contributed by atoms with Crippen molar-refractivity contribution >= 4 is 11.7 Å². The third kappa shape index (κ3) is 4.14. The minimum Gasteiger partial charge on any atom is -0.391 e. The third-order valence-electron chi connectivity index (χ3n) is 6.50. The average molecular weight is 466 g/mol. The lowest BCUT2D eigenvalue weighted by molar-refractivity contribution is 0.0751. The second-order valence-electron chi connectivity index (χ2n) is 9.83. The summed E-state index contributed by atoms with van der Waals surface area (Å²) in [5.41, 5.74) is 9.24. The number of nitrogens with zero attached hydrogens (tertiary/aromatic N) is 4. The van der Waals surface area contributed by atoms with Crippen LogP contribution >= 0.6 is 0 Å². The van der Waals surface area contributed by atoms with E-state index >= 15 is 0 Å². The first-order chi connectivity index (χ1) is 16.2. The minimum atomic E-state index is -0.667. The van der Waals surface area contributed by atoms with Crippen LogP contribution < -0.4 is 16.4 Å². The SMILES string of the molecule is CC1(C)Cc2c(-c3ccc(F)c(-c4cnc(N)c(C(=O)NC5CNCCC5O)n4)c3)cnn2C1. The van der Waals surface area contributed by atoms with Crippen molar-refractivity contribution in [2.45, 2.75) is 45.4 Å². The number of nitrogens with two attached hydrogens (primary N) is 1. The molecule has 4 heterocycles. The van der Waals surface area contributed by atoms with Gasteiger partial charge in [0.1, 0.15) is 5.82 Å². The minimum absolute atomic E-state index is 0.0623. The number of anilines is 1. The fraction of sp³-hybridized carbons (Fsp3) is 0.417. The summed E-state index contributed by atoms with van der Waals surface area (Å²) in [6, 6.07) is 4.34. The molecule has 1 saturated heterocycles. The van der Waals surface area contributed by atoms with E-state index < -0.39 is 23.9 Å². The topological polar surface area (TPSA) is 131 Å². The molecule has 2 unspecified atom stereocenters. The number of carbonyl (C=O) groups is 1. The number of benzene rings is 1. The molecule has 2 aliphatic heterocycles. The Hall–Kier alpha value is -3.37. The standard InChI is InChI=1S/C24H28FN7O2/c1-24(2)8-19-15(9-29-32(19)12-24)13-3-4-16(25)14(7-13)17-11-28-22(26)21(30-17)23(34)31-18-10-27-6-5-20(18)33/h3-4,7,9,11,18,20,27,33H,5-6,8,10,12H2,1-2H3,(H2,26,28)(H,31,34). The lowest BCUT2D eigenvalue weighted by Gasteiger charge is -2.29. The van der Waals surface area contributed by atoms with Crippen LogP contribution in [0.3, 0.4) is 0 Å². The van der Waals surface area contributed by atoms with Crippen LogP contribution in [-0.2, 0) is 13.0 Å². The molecule has 1 fully saturated rings. The molecule has 2 atom stereocenters. The van der Waals surface area contributed by atoms with Crippen molar-refractivity contribution in [1.82, 2.24) is 30.4 Å². The van der Waals surface area contributed by atoms with Gasteiger partial charge in [0, 0.05) is 29.9 Å². The molecule has 1 aromatic carbocycles. The van der Waals surface area contributed by atoms with Gasteiger partial charge in [-0.15, -0.1) is 0 Å². The summed E-state index contributed by atoms with van der Waals surface area (Å²) < 4.78 is 16.9. The fourth-order valence-electron chi connectivity index (χ4n) is 4.70. The van der Waals surface area contributed by atoms with Crippen molar-refractivity contribution in [3.63, 3.8) is 0 Å². The zero-order valence-electron chi connectivity index (χ0n) is 19.2. The number of nitrogen functional groups attached to an aromatic ring is 1. The maximum absolute atomic E-state index is 14.9. The van der Waals surface area contributed by atoms with Gasteiger partial charge >= 0.3 is 0 Å². The van der Waals surface area contributed by atoms with E-state index in [1.165, 1.54) is 12.3 Å². The van der Waals surface area contributed by atoms with E-state index in [1.807, 2.05) is 4.68 Å². The molecular weight excluding hydrogens is 437 g/mol. The molecule has 2 aliphatic rings. The summed E-state index contributed by atoms with van der Waals surface area (Å²) in [5, 5.41) is 20.5. The van der Waals surface area contributed by atoms with Crippen LogP contribution in [-0.4, -0.2) is 56.0 Å². The quantitative estimate of drug-likeness (QED) is 0.462. The van der Waals surface area contributed by atoms with Crippen LogP contribution in [0.25, 0.3) is 22.4 Å². The van der Waals surface area contributed by atoms with Crippen LogP contribution in [0.15, 0.2) is 30.6 Å². The van der Waals surface area contributed by atoms with Crippen LogP contribution in [0.5, 0.6) is 0 Å². The third-order valence-corrected chi connectivity index (χ3v) is 6.50. The van der Waals surface area contributed by atoms with Gasteiger partial charge in [-0.05, 0) is 42.5 Å². The van der Waals surface area contributed by atoms with Crippen molar-refractivity contribution in [1.29, 1.82) is 0 Å². The monoisotopic (exact) mass is 465 g/mol. The van der Waals surface area contributed by atoms with Crippen molar-refractivity contribution < 1.29 is 14.3 Å². The first-order valence-electron chi connectivity index (χ1n) is 11.4. The predicted molar refractivity (Wildman–Crippen MR) is 125 cm³/mol. The summed E-state index contributed by atoms with van der Waals surface area (Å²) >= 11 is 0. The normalized spacial score (nSPS) is 21.3. The molecule has 0 saturated carbocycles. The largest absolute Gasteiger partial charge is 0.391 e. The second-order valence-corrected chi connectivity index (χ2v) is 9.83. The smallest absolute Gasteiger partial charge is 0.274 e. The van der Waals surface area contributed by atoms with Gasteiger partial charge in [0.25, 0.3) is 5.91 Å². The van der Waals surface area contributed by atoms with Crippen molar-refractivity contribution in [2.75, 3.05) is 18.8 Å². The van der Waals surface area contributed by atoms with E-state index in [0.717, 1.165) is 29.8 Å². The summed E-state index contributed by atoms with van der Waals surface area (Å²) in [7, 11) is 0. The number of amides is 1. The van der Waals surface area contributed by atoms with E-state index in [9.17, 15) is 14.3 Å². The van der Waals surface area contributed by atoms with Crippen LogP contribution in [0, 0.1) is 11.2 Å². The van der Waals surface area contributed by atoms with E-state index in [4.69, 9.17) is 5.73 Å². The Morgan fingerprint density at radius 1 is 1.32 bits per heavy atom. The zero-order valence-corrected chi connectivity index (χ0v) is 19.2. The average Bonchev–Trinajstić information content (AvgIpc) is 3.31. The Kier molecular flexibility index (Phi) is 5.57. The molecule has 34 heavy (non-hydrogen) atoms. The molecule has 5 rings (SSSR count). The maximum Gasteiger partial charge on any atom is 0.274 e. The molecule has 1 amide bonds. The predicted octanol–water partition coefficient (Wildman–Crippen LogP) is 1.76. The van der Waals surface area contributed by atoms with Crippen molar-refractivity contribution in [2.24, 2.45) is 5.41 Å². The van der Waals surface area contributed by atoms with Crippen molar-refractivity contribution in [3.05, 3.63) is 47.8 Å². The number of hydrogen-bond acceptors (Lipinski definition) is 7. The van der Waals surface area contributed by atoms with Gasteiger partial charge in [-0.3, -0.25) is 9.48 Å². The number of rotatable bonds is 4. The number of carbonyl (C=O) groups excluding carboxylic acids is 1. The molecule has 0 spiro atoms. The summed E-state index contributed by atoms with van der Waals surface area (Å²) in [4.78, 5) is 21.3. The number of hydrogen-bond donors (Lipinski definition) is 4. The lowest BCUT2D eigenvalue weighted by Crippen LogP contribution is -2.53. The fourth-order valence-corrected chi connectivity index (χ4v) is 4.70. The van der Waals surface area contributed by atoms with Crippen LogP contribution in [0.1, 0.15) is 36.5 Å². The summed E-state index contributed by atoms with van der Waals surface area (Å²) in [6.45, 7) is 6.34. The number of piperidine rings is 1. The molecular formula is C24H28FN7O2. The summed E-state index contributed by atoms with van der Waals surface area (Å²) in [5.74, 6) is -1.11. The highest BCUT2D eigenvalue weighted by atomic mass is 19.1. The number of fused-ring (bicyclic) bond motifs is 1. The highest BCUT2D eigenvalue weighted by Crippen LogP contribution is 2.38. The van der Waals surface area contributed by atoms with E-state index in [2.05, 4.69) is 39.5 Å². The van der Waals surface area contributed by atoms with E-state index in [0.29, 0.717) is 19.5 Å². The number of nitrogens with one attached hydrogen (secondary N) is 2. The van der Waals surface area contributed by atoms with Gasteiger partial charge in [-0.1, -0.05) is 19.9 Å². The molecule has 0 bridgehead atoms. The lowest BCUT2D eigenvalue weighted by atomic mass is 9.89. The Morgan fingerprint density at radius 2 is 2.15 bits per heavy atom. The van der Waals surface area contributed by atoms with Crippen LogP contribution in [0.2, 0.25) is 0 Å². The van der Waals surface area contributed by atoms with Gasteiger partial charge in [-0.25, -0.2) is 14.4 Å². The molecule has 9 nitrogen and oxygen atoms in total. The molecule has 3 aromatic rings. The number of halogens is 1. The second kappa shape index (κ2) is 8.44. The van der Waals surface area contributed by atoms with Gasteiger partial charge in [0.15, 0.2) is 11.5 Å². The molecule has 178 valence electrons. The van der Waals surface area contributed by atoms with E-state index in [-0.39, 0.29) is 28.2 Å². The molecule has 0 radical (unpaired) electrons. The highest BCUT2D eigenvalue weighted by molar-refractivity contribution is 5.97. The Morgan fingerprint density at radius 3 is 2.94 bits per heavy atom. The van der Waals surface area contributed by atoms with Crippen LogP contribution in [0.4, 0.5) is 10.2 Å². The molecule has 10 heteroatoms. The van der Waals surface area contributed by atoms with Gasteiger partial charge in [0.05, 0.1) is 30.2 Å². The van der Waals surface area contributed by atoms with E-state index in [1.54, 1.807) is 18.3 Å². The van der Waals surface area contributed by atoms with Gasteiger partial charge < -0.3 is 21.5 Å². The first kappa shape index (κ1) is 22.4. The Bertz CT molecular complexity index is 1260. The van der Waals surface area contributed by atoms with Gasteiger partial charge in [-0.2, -0.15) is 5.10 Å². The number of aliphatic hydroxyl groups excluding tert-OH is 1. The Labute approximate surface area is 196 Å². The summed E-state index contributed by atoms with van der Waals surface area (Å²) in [6.07, 6.45) is 3.90. The highest BCUT2D eigenvalue weighted by Gasteiger charge is 2.32. The van der Waals surface area contributed by atoms with Gasteiger partial charge in [0.2, 0.25) is 0 Å². The number of aromatic nitrogens is 4. The number of aliphatic hydroxyl groups is 1. The first-order valence-corrected chi connectivity index (χ1v) is 11.4. The molecule has 0 aliphatic carbocycles. The molecule has 2 aromatic heterocycles. The molecule has 5 N–H and O–H groups in total.